The Morgan fingerprint density at radius 3 is 1.16 bits per heavy atom. The molecule has 0 fully saturated rings. The van der Waals surface area contributed by atoms with Crippen LogP contribution in [0.1, 0.15) is 19.3 Å². The Morgan fingerprint density at radius 2 is 0.947 bits per heavy atom. The molecule has 110 valence electrons. The predicted octanol–water partition coefficient (Wildman–Crippen LogP) is -1.85. The molecule has 0 aromatic carbocycles. The smallest absolute Gasteiger partial charge is 0.307 e. The summed E-state index contributed by atoms with van der Waals surface area (Å²) in [6.07, 6.45) is -0.469. The van der Waals surface area contributed by atoms with Crippen LogP contribution in [0.2, 0.25) is 0 Å². The zero-order valence-electron chi connectivity index (χ0n) is 10.5. The first-order valence-electron chi connectivity index (χ1n) is 5.60. The summed E-state index contributed by atoms with van der Waals surface area (Å²) in [6, 6.07) is 0. The van der Waals surface area contributed by atoms with Crippen molar-refractivity contribution in [3.05, 3.63) is 0 Å². The third-order valence-corrected chi connectivity index (χ3v) is 2.10. The van der Waals surface area contributed by atoms with Crippen LogP contribution in [-0.2, 0) is 28.6 Å². The Morgan fingerprint density at radius 1 is 0.684 bits per heavy atom. The molecule has 0 spiro atoms. The van der Waals surface area contributed by atoms with Crippen molar-refractivity contribution >= 4 is 17.9 Å². The fourth-order valence-corrected chi connectivity index (χ4v) is 1.38. The molecule has 0 unspecified atom stereocenters. The van der Waals surface area contributed by atoms with Crippen LogP contribution in [0, 0.1) is 5.92 Å². The molecule has 0 heterocycles. The quantitative estimate of drug-likeness (QED) is 0.250. The van der Waals surface area contributed by atoms with Gasteiger partial charge in [-0.05, 0) is 5.92 Å². The average molecular weight is 277 g/mol. The monoisotopic (exact) mass is 277 g/mol. The maximum atomic E-state index is 11.3. The van der Waals surface area contributed by atoms with Gasteiger partial charge >= 0.3 is 17.9 Å². The Kier molecular flexibility index (Phi) is 9.31. The highest BCUT2D eigenvalue weighted by Gasteiger charge is 2.22. The van der Waals surface area contributed by atoms with Crippen LogP contribution in [0.4, 0.5) is 0 Å². The molecule has 0 rings (SSSR count). The Hall–Kier alpha value is -1.71. The van der Waals surface area contributed by atoms with E-state index in [0.29, 0.717) is 0 Å². The highest BCUT2D eigenvalue weighted by molar-refractivity contribution is 5.76. The van der Waals surface area contributed by atoms with Crippen molar-refractivity contribution in [2.24, 2.45) is 23.1 Å². The highest BCUT2D eigenvalue weighted by atomic mass is 16.5. The molecule has 19 heavy (non-hydrogen) atoms. The molecule has 0 aliphatic rings. The Bertz CT molecular complexity index is 262. The third-order valence-electron chi connectivity index (χ3n) is 2.10. The van der Waals surface area contributed by atoms with Gasteiger partial charge < -0.3 is 14.2 Å². The van der Waals surface area contributed by atoms with Gasteiger partial charge in [0.1, 0.15) is 20.2 Å². The molecular weight excluding hydrogens is 258 g/mol. The molecule has 0 aromatic heterocycles. The first kappa shape index (κ1) is 17.3. The number of carbonyl (C=O) groups excluding carboxylic acids is 3. The van der Waals surface area contributed by atoms with Gasteiger partial charge in [0, 0.05) is 19.3 Å². The van der Waals surface area contributed by atoms with Gasteiger partial charge in [0.25, 0.3) is 0 Å². The van der Waals surface area contributed by atoms with Gasteiger partial charge in [0.2, 0.25) is 0 Å². The van der Waals surface area contributed by atoms with E-state index in [0.717, 1.165) is 0 Å². The third kappa shape index (κ3) is 8.94. The lowest BCUT2D eigenvalue weighted by Gasteiger charge is -2.14. The normalized spacial score (nSPS) is 10.1. The van der Waals surface area contributed by atoms with Crippen LogP contribution in [0.15, 0.2) is 0 Å². The van der Waals surface area contributed by atoms with Gasteiger partial charge in [-0.25, -0.2) is 0 Å². The molecule has 9 heteroatoms. The second kappa shape index (κ2) is 10.2. The Balaban J connectivity index is 4.40. The number of nitrogens with two attached hydrogens (primary N) is 3. The van der Waals surface area contributed by atoms with Gasteiger partial charge in [-0.3, -0.25) is 31.6 Å². The summed E-state index contributed by atoms with van der Waals surface area (Å²) in [5.41, 5.74) is 15.1. The summed E-state index contributed by atoms with van der Waals surface area (Å²) in [4.78, 5) is 33.8. The number of carbonyl (C=O) groups is 3. The summed E-state index contributed by atoms with van der Waals surface area (Å²) in [7, 11) is 0. The van der Waals surface area contributed by atoms with Crippen molar-refractivity contribution in [3.63, 3.8) is 0 Å². The summed E-state index contributed by atoms with van der Waals surface area (Å²) in [5, 5.41) is 0. The fourth-order valence-electron chi connectivity index (χ4n) is 1.38. The van der Waals surface area contributed by atoms with E-state index in [1.807, 2.05) is 0 Å². The van der Waals surface area contributed by atoms with Crippen molar-refractivity contribution < 1.29 is 28.6 Å². The standard InChI is InChI=1S/C10H19N3O6/c11-4-17-8(14)1-7(2-9(15)18-5-12)3-10(16)19-6-13/h7H,1-6,11-13H2. The van der Waals surface area contributed by atoms with Gasteiger partial charge in [0.05, 0.1) is 0 Å². The maximum Gasteiger partial charge on any atom is 0.307 e. The summed E-state index contributed by atoms with van der Waals surface area (Å²) >= 11 is 0. The van der Waals surface area contributed by atoms with E-state index < -0.39 is 23.8 Å². The number of hydrogen-bond donors (Lipinski definition) is 3. The number of rotatable bonds is 9. The average Bonchev–Trinajstić information content (AvgIpc) is 2.29. The fraction of sp³-hybridized carbons (Fsp3) is 0.700. The van der Waals surface area contributed by atoms with Crippen molar-refractivity contribution in [3.8, 4) is 0 Å². The molecule has 0 aromatic rings. The minimum Gasteiger partial charge on any atom is -0.450 e. The SMILES string of the molecule is NCOC(=O)CC(CC(=O)OCN)CC(=O)OCN. The van der Waals surface area contributed by atoms with E-state index >= 15 is 0 Å². The van der Waals surface area contributed by atoms with E-state index in [9.17, 15) is 14.4 Å². The number of esters is 3. The lowest BCUT2D eigenvalue weighted by atomic mass is 9.97. The van der Waals surface area contributed by atoms with Crippen LogP contribution >= 0.6 is 0 Å². The van der Waals surface area contributed by atoms with E-state index in [-0.39, 0.29) is 39.5 Å². The highest BCUT2D eigenvalue weighted by Crippen LogP contribution is 2.16. The molecule has 0 saturated heterocycles. The van der Waals surface area contributed by atoms with E-state index in [1.54, 1.807) is 0 Å². The topological polar surface area (TPSA) is 157 Å². The molecule has 0 aliphatic heterocycles. The van der Waals surface area contributed by atoms with Gasteiger partial charge in [-0.15, -0.1) is 0 Å². The van der Waals surface area contributed by atoms with Crippen LogP contribution in [0.3, 0.4) is 0 Å². The minimum absolute atomic E-state index is 0.156. The van der Waals surface area contributed by atoms with Crippen molar-refractivity contribution in [1.82, 2.24) is 0 Å². The first-order chi connectivity index (χ1) is 9.03. The van der Waals surface area contributed by atoms with Crippen molar-refractivity contribution in [2.45, 2.75) is 19.3 Å². The largest absolute Gasteiger partial charge is 0.450 e. The van der Waals surface area contributed by atoms with E-state index in [2.05, 4.69) is 14.2 Å². The summed E-state index contributed by atoms with van der Waals surface area (Å²) in [5.74, 6) is -2.46. The first-order valence-corrected chi connectivity index (χ1v) is 5.60. The summed E-state index contributed by atoms with van der Waals surface area (Å²) in [6.45, 7) is -0.815. The Labute approximate surface area is 110 Å². The zero-order chi connectivity index (χ0) is 14.7. The molecule has 0 bridgehead atoms. The molecule has 0 atom stereocenters. The molecule has 0 aliphatic carbocycles. The number of hydrogen-bond acceptors (Lipinski definition) is 9. The summed E-state index contributed by atoms with van der Waals surface area (Å²) < 4.78 is 13.6. The molecule has 6 N–H and O–H groups in total. The van der Waals surface area contributed by atoms with Crippen LogP contribution in [0.5, 0.6) is 0 Å². The molecule has 0 saturated carbocycles. The van der Waals surface area contributed by atoms with E-state index in [1.165, 1.54) is 0 Å². The lowest BCUT2D eigenvalue weighted by molar-refractivity contribution is -0.149. The predicted molar refractivity (Wildman–Crippen MR) is 62.8 cm³/mol. The van der Waals surface area contributed by atoms with Gasteiger partial charge in [-0.2, -0.15) is 0 Å². The lowest BCUT2D eigenvalue weighted by Crippen LogP contribution is -2.23. The maximum absolute atomic E-state index is 11.3. The van der Waals surface area contributed by atoms with Gasteiger partial charge in [-0.1, -0.05) is 0 Å². The van der Waals surface area contributed by atoms with E-state index in [4.69, 9.17) is 17.2 Å². The number of ether oxygens (including phenoxy) is 3. The van der Waals surface area contributed by atoms with Crippen molar-refractivity contribution in [2.75, 3.05) is 20.2 Å². The second-order valence-corrected chi connectivity index (χ2v) is 3.53. The van der Waals surface area contributed by atoms with Crippen molar-refractivity contribution in [1.29, 1.82) is 0 Å². The second-order valence-electron chi connectivity index (χ2n) is 3.53. The molecule has 0 amide bonds. The molecular formula is C10H19N3O6. The van der Waals surface area contributed by atoms with Crippen LogP contribution < -0.4 is 17.2 Å². The zero-order valence-corrected chi connectivity index (χ0v) is 10.5. The minimum atomic E-state index is -0.617. The van der Waals surface area contributed by atoms with Gasteiger partial charge in [0.15, 0.2) is 0 Å². The molecule has 9 nitrogen and oxygen atoms in total. The van der Waals surface area contributed by atoms with Crippen LogP contribution in [-0.4, -0.2) is 38.1 Å². The van der Waals surface area contributed by atoms with Crippen LogP contribution in [0.25, 0.3) is 0 Å². The molecule has 0 radical (unpaired) electrons.